The molecule has 1 aromatic carbocycles. The summed E-state index contributed by atoms with van der Waals surface area (Å²) in [6, 6.07) is 6.36. The maximum atomic E-state index is 12.8. The van der Waals surface area contributed by atoms with Crippen molar-refractivity contribution >= 4 is 39.5 Å². The quantitative estimate of drug-likeness (QED) is 0.806. The van der Waals surface area contributed by atoms with Gasteiger partial charge in [0.25, 0.3) is 5.91 Å². The van der Waals surface area contributed by atoms with Gasteiger partial charge < -0.3 is 5.73 Å². The van der Waals surface area contributed by atoms with Crippen LogP contribution >= 0.6 is 23.5 Å². The fourth-order valence-electron chi connectivity index (χ4n) is 2.26. The van der Waals surface area contributed by atoms with Gasteiger partial charge in [0.2, 0.25) is 0 Å². The van der Waals surface area contributed by atoms with Crippen LogP contribution < -0.4 is 10.7 Å². The number of anilines is 1. The normalized spacial score (nSPS) is 13.5. The van der Waals surface area contributed by atoms with Crippen molar-refractivity contribution < 1.29 is 18.0 Å². The average Bonchev–Trinajstić information content (AvgIpc) is 2.65. The van der Waals surface area contributed by atoms with Gasteiger partial charge in [-0.15, -0.1) is 10.2 Å². The molecular formula is C16H11F3N6OS2. The molecule has 0 aliphatic carbocycles. The molecule has 12 heteroatoms. The summed E-state index contributed by atoms with van der Waals surface area (Å²) in [5, 5.41) is 23.2. The number of primary amides is 1. The van der Waals surface area contributed by atoms with E-state index in [4.69, 9.17) is 11.0 Å². The average molecular weight is 424 g/mol. The van der Waals surface area contributed by atoms with E-state index < -0.39 is 17.6 Å². The topological polar surface area (TPSA) is 108 Å². The van der Waals surface area contributed by atoms with E-state index in [0.29, 0.717) is 20.7 Å². The monoisotopic (exact) mass is 424 g/mol. The van der Waals surface area contributed by atoms with Crippen LogP contribution in [0.15, 0.2) is 34.4 Å². The number of hydrogen-bond donors (Lipinski definition) is 1. The largest absolute Gasteiger partial charge is 0.416 e. The van der Waals surface area contributed by atoms with Crippen LogP contribution in [-0.4, -0.2) is 27.5 Å². The minimum Gasteiger partial charge on any atom is -0.364 e. The predicted octanol–water partition coefficient (Wildman–Crippen LogP) is 3.21. The van der Waals surface area contributed by atoms with Crippen LogP contribution in [0.3, 0.4) is 0 Å². The molecule has 1 aromatic heterocycles. The molecule has 28 heavy (non-hydrogen) atoms. The molecule has 1 aliphatic heterocycles. The molecule has 0 atom stereocenters. The Morgan fingerprint density at radius 2 is 2.11 bits per heavy atom. The zero-order valence-corrected chi connectivity index (χ0v) is 15.8. The second kappa shape index (κ2) is 7.69. The molecule has 0 fully saturated rings. The molecule has 3 rings (SSSR count). The Kier molecular flexibility index (Phi) is 5.48. The Hall–Kier alpha value is -2.78. The number of rotatable bonds is 3. The summed E-state index contributed by atoms with van der Waals surface area (Å²) in [6.45, 7) is 0. The van der Waals surface area contributed by atoms with Gasteiger partial charge in [-0.1, -0.05) is 17.8 Å². The first-order valence-electron chi connectivity index (χ1n) is 7.59. The third-order valence-corrected chi connectivity index (χ3v) is 5.79. The van der Waals surface area contributed by atoms with Crippen LogP contribution in [-0.2, 0) is 11.9 Å². The molecule has 0 bridgehead atoms. The minimum absolute atomic E-state index is 0.0147. The van der Waals surface area contributed by atoms with Crippen LogP contribution in [0, 0.1) is 11.3 Å². The molecule has 144 valence electrons. The number of nitrogens with zero attached hydrogens (tertiary/aromatic N) is 5. The number of amides is 1. The van der Waals surface area contributed by atoms with E-state index >= 15 is 0 Å². The van der Waals surface area contributed by atoms with Gasteiger partial charge in [0.1, 0.15) is 0 Å². The zero-order chi connectivity index (χ0) is 20.5. The predicted molar refractivity (Wildman–Crippen MR) is 99.7 cm³/mol. The Balaban J connectivity index is 1.76. The van der Waals surface area contributed by atoms with Crippen LogP contribution in [0.2, 0.25) is 0 Å². The van der Waals surface area contributed by atoms with Gasteiger partial charge in [0, 0.05) is 12.8 Å². The summed E-state index contributed by atoms with van der Waals surface area (Å²) in [5.41, 5.74) is 5.33. The van der Waals surface area contributed by atoms with E-state index in [1.165, 1.54) is 40.7 Å². The summed E-state index contributed by atoms with van der Waals surface area (Å²) in [7, 11) is 1.66. The number of alkyl halides is 3. The Bertz CT molecular complexity index is 1020. The Morgan fingerprint density at radius 1 is 1.36 bits per heavy atom. The Labute approximate surface area is 165 Å². The first kappa shape index (κ1) is 20.0. The lowest BCUT2D eigenvalue weighted by molar-refractivity contribution is -0.137. The van der Waals surface area contributed by atoms with Crippen LogP contribution in [0.25, 0.3) is 0 Å². The molecule has 0 spiro atoms. The number of fused-ring (bicyclic) bond motifs is 1. The molecule has 0 unspecified atom stereocenters. The summed E-state index contributed by atoms with van der Waals surface area (Å²) < 4.78 is 38.9. The third-order valence-electron chi connectivity index (χ3n) is 3.67. The number of carbonyl (C=O) groups excluding carboxylic acids is 1. The van der Waals surface area contributed by atoms with Crippen LogP contribution in [0.4, 0.5) is 18.9 Å². The van der Waals surface area contributed by atoms with Gasteiger partial charge in [-0.2, -0.15) is 23.5 Å². The van der Waals surface area contributed by atoms with E-state index in [1.807, 2.05) is 0 Å². The molecule has 0 saturated heterocycles. The summed E-state index contributed by atoms with van der Waals surface area (Å²) in [4.78, 5) is 11.2. The van der Waals surface area contributed by atoms with Gasteiger partial charge in [-0.3, -0.25) is 9.80 Å². The number of hydrazone groups is 1. The number of nitriles is 1. The van der Waals surface area contributed by atoms with E-state index in [2.05, 4.69) is 15.3 Å². The van der Waals surface area contributed by atoms with Crippen molar-refractivity contribution in [3.05, 3.63) is 46.6 Å². The number of halogens is 3. The highest BCUT2D eigenvalue weighted by Gasteiger charge is 2.31. The Morgan fingerprint density at radius 3 is 2.75 bits per heavy atom. The number of nitrogens with two attached hydrogens (primary N) is 1. The number of aromatic nitrogens is 2. The molecule has 1 aliphatic rings. The smallest absolute Gasteiger partial charge is 0.364 e. The van der Waals surface area contributed by atoms with Crippen molar-refractivity contribution in [3.8, 4) is 6.07 Å². The highest BCUT2D eigenvalue weighted by Crippen LogP contribution is 2.38. The summed E-state index contributed by atoms with van der Waals surface area (Å²) >= 11 is 2.45. The lowest BCUT2D eigenvalue weighted by Gasteiger charge is -2.22. The van der Waals surface area contributed by atoms with Crippen molar-refractivity contribution in [2.24, 2.45) is 10.8 Å². The maximum absolute atomic E-state index is 12.8. The molecule has 2 aromatic rings. The van der Waals surface area contributed by atoms with Gasteiger partial charge in [-0.25, -0.2) is 0 Å². The van der Waals surface area contributed by atoms with Crippen molar-refractivity contribution in [1.82, 2.24) is 10.2 Å². The number of carbonyl (C=O) groups is 1. The summed E-state index contributed by atoms with van der Waals surface area (Å²) in [6.07, 6.45) is -4.50. The molecular weight excluding hydrogens is 413 g/mol. The summed E-state index contributed by atoms with van der Waals surface area (Å²) in [5.74, 6) is -0.452. The van der Waals surface area contributed by atoms with Gasteiger partial charge in [0.15, 0.2) is 15.1 Å². The highest BCUT2D eigenvalue weighted by atomic mass is 32.2. The lowest BCUT2D eigenvalue weighted by atomic mass is 10.1. The maximum Gasteiger partial charge on any atom is 0.416 e. The molecule has 0 saturated carbocycles. The van der Waals surface area contributed by atoms with Crippen molar-refractivity contribution in [3.63, 3.8) is 0 Å². The zero-order valence-electron chi connectivity index (χ0n) is 14.2. The van der Waals surface area contributed by atoms with Crippen molar-refractivity contribution in [1.29, 1.82) is 5.26 Å². The molecule has 0 radical (unpaired) electrons. The van der Waals surface area contributed by atoms with Crippen LogP contribution in [0.1, 0.15) is 27.2 Å². The fourth-order valence-corrected chi connectivity index (χ4v) is 4.32. The standard InChI is InChI=1S/C16H11F3N6OS2/c1-25-12-5-11(13(21)26)22-23-14(12)28-15(24-25)27-7-8-2-3-10(16(17,18)19)4-9(8)6-20/h2-5H,7H2,1H3,(H2,21,26). The molecule has 1 amide bonds. The first-order valence-corrected chi connectivity index (χ1v) is 9.40. The highest BCUT2D eigenvalue weighted by molar-refractivity contribution is 8.38. The fraction of sp³-hybridized carbons (Fsp3) is 0.188. The third kappa shape index (κ3) is 4.20. The van der Waals surface area contributed by atoms with Gasteiger partial charge in [0.05, 0.1) is 22.9 Å². The lowest BCUT2D eigenvalue weighted by Crippen LogP contribution is -2.20. The van der Waals surface area contributed by atoms with Gasteiger partial charge in [-0.05, 0) is 35.5 Å². The second-order valence-electron chi connectivity index (χ2n) is 5.55. The molecule has 2 N–H and O–H groups in total. The van der Waals surface area contributed by atoms with Crippen molar-refractivity contribution in [2.75, 3.05) is 12.1 Å². The van der Waals surface area contributed by atoms with Crippen LogP contribution in [0.5, 0.6) is 0 Å². The number of thioether (sulfide) groups is 2. The first-order chi connectivity index (χ1) is 13.2. The molecule has 7 nitrogen and oxygen atoms in total. The SMILES string of the molecule is CN1N=C(SCc2ccc(C(F)(F)F)cc2C#N)Sc2nnc(C(N)=O)cc21. The number of hydrogen-bond acceptors (Lipinski definition) is 8. The minimum atomic E-state index is -4.50. The van der Waals surface area contributed by atoms with Crippen molar-refractivity contribution in [2.45, 2.75) is 17.0 Å². The number of benzene rings is 1. The second-order valence-corrected chi connectivity index (χ2v) is 7.75. The van der Waals surface area contributed by atoms with E-state index in [9.17, 15) is 18.0 Å². The van der Waals surface area contributed by atoms with E-state index in [1.54, 1.807) is 13.1 Å². The molecule has 2 heterocycles. The van der Waals surface area contributed by atoms with E-state index in [-0.39, 0.29) is 17.0 Å². The van der Waals surface area contributed by atoms with Gasteiger partial charge >= 0.3 is 6.18 Å². The van der Waals surface area contributed by atoms with E-state index in [0.717, 1.165) is 12.1 Å².